The minimum Gasteiger partial charge on any atom is -0.255 e. The average Bonchev–Trinajstić information content (AvgIpc) is 2.69. The number of aryl methyl sites for hydroxylation is 1. The van der Waals surface area contributed by atoms with Crippen molar-refractivity contribution in [3.8, 4) is 22.6 Å². The molecule has 3 aromatic rings. The Balaban J connectivity index is 1.72. The summed E-state index contributed by atoms with van der Waals surface area (Å²) in [5.41, 5.74) is 5.64. The summed E-state index contributed by atoms with van der Waals surface area (Å²) >= 11 is 0. The lowest BCUT2D eigenvalue weighted by Gasteiger charge is -2.08. The van der Waals surface area contributed by atoms with Crippen LogP contribution in [-0.4, -0.2) is 15.0 Å². The predicted molar refractivity (Wildman–Crippen MR) is 108 cm³/mol. The molecule has 0 aliphatic heterocycles. The quantitative estimate of drug-likeness (QED) is 0.547. The number of nitrogens with zero attached hydrogens (tertiary/aromatic N) is 3. The van der Waals surface area contributed by atoms with Crippen molar-refractivity contribution < 1.29 is 0 Å². The molecule has 0 aliphatic carbocycles. The molecular weight excluding hydrogens is 318 g/mol. The van der Waals surface area contributed by atoms with E-state index in [2.05, 4.69) is 60.0 Å². The van der Waals surface area contributed by atoms with Crippen molar-refractivity contribution in [3.63, 3.8) is 0 Å². The molecule has 2 aromatic heterocycles. The lowest BCUT2D eigenvalue weighted by Crippen LogP contribution is -2.00. The van der Waals surface area contributed by atoms with E-state index in [0.717, 1.165) is 35.5 Å². The molecule has 0 spiro atoms. The Kier molecular flexibility index (Phi) is 6.11. The van der Waals surface area contributed by atoms with Crippen LogP contribution in [0.25, 0.3) is 22.6 Å². The van der Waals surface area contributed by atoms with Gasteiger partial charge < -0.3 is 0 Å². The summed E-state index contributed by atoms with van der Waals surface area (Å²) in [6.07, 6.45) is 10.2. The van der Waals surface area contributed by atoms with Crippen molar-refractivity contribution in [2.45, 2.75) is 46.5 Å². The highest BCUT2D eigenvalue weighted by Gasteiger charge is 2.06. The zero-order valence-electron chi connectivity index (χ0n) is 15.9. The smallest absolute Gasteiger partial charge is 0.160 e. The topological polar surface area (TPSA) is 38.7 Å². The van der Waals surface area contributed by atoms with E-state index in [0.29, 0.717) is 5.92 Å². The van der Waals surface area contributed by atoms with Gasteiger partial charge in [-0.15, -0.1) is 0 Å². The maximum atomic E-state index is 4.61. The van der Waals surface area contributed by atoms with Crippen molar-refractivity contribution in [1.82, 2.24) is 15.0 Å². The van der Waals surface area contributed by atoms with Crippen molar-refractivity contribution in [2.24, 2.45) is 5.92 Å². The first-order valence-corrected chi connectivity index (χ1v) is 9.56. The van der Waals surface area contributed by atoms with E-state index in [1.165, 1.54) is 24.0 Å². The zero-order chi connectivity index (χ0) is 18.4. The van der Waals surface area contributed by atoms with Crippen molar-refractivity contribution in [3.05, 3.63) is 66.1 Å². The first-order valence-electron chi connectivity index (χ1n) is 9.56. The summed E-state index contributed by atoms with van der Waals surface area (Å²) in [5.74, 6) is 1.39. The molecular formula is C23H27N3. The van der Waals surface area contributed by atoms with Crippen molar-refractivity contribution in [2.75, 3.05) is 0 Å². The average molecular weight is 345 g/mol. The first kappa shape index (κ1) is 18.2. The second kappa shape index (κ2) is 8.70. The molecule has 1 atom stereocenters. The molecule has 0 amide bonds. The molecule has 134 valence electrons. The Hall–Kier alpha value is -2.55. The summed E-state index contributed by atoms with van der Waals surface area (Å²) in [7, 11) is 0. The predicted octanol–water partition coefficient (Wildman–Crippen LogP) is 5.75. The number of hydrogen-bond acceptors (Lipinski definition) is 3. The van der Waals surface area contributed by atoms with E-state index in [1.54, 1.807) is 0 Å². The second-order valence-corrected chi connectivity index (χ2v) is 7.01. The van der Waals surface area contributed by atoms with Gasteiger partial charge in [0.05, 0.1) is 5.69 Å². The molecule has 0 unspecified atom stereocenters. The molecule has 3 nitrogen and oxygen atoms in total. The molecule has 0 aliphatic rings. The molecule has 0 radical (unpaired) electrons. The van der Waals surface area contributed by atoms with E-state index >= 15 is 0 Å². The van der Waals surface area contributed by atoms with Crippen LogP contribution in [0.3, 0.4) is 0 Å². The number of rotatable bonds is 7. The van der Waals surface area contributed by atoms with E-state index in [-0.39, 0.29) is 0 Å². The van der Waals surface area contributed by atoms with Crippen LogP contribution in [0.4, 0.5) is 0 Å². The summed E-state index contributed by atoms with van der Waals surface area (Å²) < 4.78 is 0. The van der Waals surface area contributed by atoms with Gasteiger partial charge in [-0.05, 0) is 42.0 Å². The second-order valence-electron chi connectivity index (χ2n) is 7.01. The van der Waals surface area contributed by atoms with Gasteiger partial charge in [-0.3, -0.25) is 4.98 Å². The summed E-state index contributed by atoms with van der Waals surface area (Å²) in [6.45, 7) is 6.67. The Bertz CT molecular complexity index is 806. The molecule has 0 bridgehead atoms. The minimum absolute atomic E-state index is 0.661. The normalized spacial score (nSPS) is 12.1. The summed E-state index contributed by atoms with van der Waals surface area (Å²) in [4.78, 5) is 13.6. The maximum absolute atomic E-state index is 4.61. The number of hydrogen-bond donors (Lipinski definition) is 0. The largest absolute Gasteiger partial charge is 0.255 e. The van der Waals surface area contributed by atoms with Gasteiger partial charge in [0.2, 0.25) is 0 Å². The molecule has 0 saturated heterocycles. The maximum Gasteiger partial charge on any atom is 0.160 e. The lowest BCUT2D eigenvalue weighted by molar-refractivity contribution is 0.558. The highest BCUT2D eigenvalue weighted by atomic mass is 14.9. The van der Waals surface area contributed by atoms with Gasteiger partial charge in [0, 0.05) is 29.7 Å². The first-order chi connectivity index (χ1) is 12.7. The van der Waals surface area contributed by atoms with E-state index in [9.17, 15) is 0 Å². The van der Waals surface area contributed by atoms with Gasteiger partial charge in [0.15, 0.2) is 5.82 Å². The van der Waals surface area contributed by atoms with Crippen LogP contribution >= 0.6 is 0 Å². The number of pyridine rings is 1. The fraction of sp³-hybridized carbons (Fsp3) is 0.348. The van der Waals surface area contributed by atoms with Gasteiger partial charge in [-0.1, -0.05) is 57.9 Å². The Morgan fingerprint density at radius 2 is 1.46 bits per heavy atom. The van der Waals surface area contributed by atoms with Gasteiger partial charge in [0.25, 0.3) is 0 Å². The van der Waals surface area contributed by atoms with Crippen LogP contribution in [-0.2, 0) is 12.8 Å². The van der Waals surface area contributed by atoms with Crippen LogP contribution in [0.15, 0.2) is 55.0 Å². The van der Waals surface area contributed by atoms with Gasteiger partial charge in [0.1, 0.15) is 0 Å². The standard InChI is InChI=1S/C23H27N3/c1-4-6-18-7-9-20(10-8-18)22-12-11-21(16-24-22)23-25-14-19(15-26-23)13-17(3)5-2/h7-12,14-17H,4-6,13H2,1-3H3/t17-/m0/s1. The van der Waals surface area contributed by atoms with Crippen LogP contribution in [0, 0.1) is 5.92 Å². The Morgan fingerprint density at radius 1 is 0.769 bits per heavy atom. The molecule has 3 heteroatoms. The fourth-order valence-corrected chi connectivity index (χ4v) is 2.98. The van der Waals surface area contributed by atoms with E-state index in [1.807, 2.05) is 30.7 Å². The van der Waals surface area contributed by atoms with Gasteiger partial charge in [-0.2, -0.15) is 0 Å². The molecule has 1 aromatic carbocycles. The summed E-state index contributed by atoms with van der Waals surface area (Å²) in [5, 5.41) is 0. The van der Waals surface area contributed by atoms with Gasteiger partial charge >= 0.3 is 0 Å². The SMILES string of the molecule is CCCc1ccc(-c2ccc(-c3ncc(C[C@@H](C)CC)cn3)cn2)cc1. The molecule has 3 rings (SSSR count). The van der Waals surface area contributed by atoms with Crippen molar-refractivity contribution in [1.29, 1.82) is 0 Å². The molecule has 0 N–H and O–H groups in total. The van der Waals surface area contributed by atoms with Crippen LogP contribution < -0.4 is 0 Å². The molecule has 2 heterocycles. The third-order valence-electron chi connectivity index (χ3n) is 4.80. The van der Waals surface area contributed by atoms with Crippen LogP contribution in [0.1, 0.15) is 44.7 Å². The number of benzene rings is 1. The zero-order valence-corrected chi connectivity index (χ0v) is 15.9. The molecule has 0 saturated carbocycles. The number of aromatic nitrogens is 3. The minimum atomic E-state index is 0.661. The highest BCUT2D eigenvalue weighted by Crippen LogP contribution is 2.21. The summed E-state index contributed by atoms with van der Waals surface area (Å²) in [6, 6.07) is 12.8. The molecule has 26 heavy (non-hydrogen) atoms. The highest BCUT2D eigenvalue weighted by molar-refractivity contribution is 5.63. The molecule has 0 fully saturated rings. The van der Waals surface area contributed by atoms with Crippen LogP contribution in [0.5, 0.6) is 0 Å². The monoisotopic (exact) mass is 345 g/mol. The van der Waals surface area contributed by atoms with Crippen LogP contribution in [0.2, 0.25) is 0 Å². The van der Waals surface area contributed by atoms with E-state index in [4.69, 9.17) is 0 Å². The van der Waals surface area contributed by atoms with Gasteiger partial charge in [-0.25, -0.2) is 9.97 Å². The van der Waals surface area contributed by atoms with E-state index < -0.39 is 0 Å². The third kappa shape index (κ3) is 4.54. The lowest BCUT2D eigenvalue weighted by atomic mass is 10.0. The third-order valence-corrected chi connectivity index (χ3v) is 4.80. The Labute approximate surface area is 156 Å². The van der Waals surface area contributed by atoms with Crippen molar-refractivity contribution >= 4 is 0 Å². The Morgan fingerprint density at radius 3 is 2.04 bits per heavy atom. The fourth-order valence-electron chi connectivity index (χ4n) is 2.98.